The van der Waals surface area contributed by atoms with Crippen molar-refractivity contribution in [2.75, 3.05) is 16.7 Å². The Hall–Kier alpha value is -2.91. The monoisotopic (exact) mass is 462 g/mol. The molecule has 0 aliphatic heterocycles. The first kappa shape index (κ1) is 22.8. The van der Waals surface area contributed by atoms with E-state index in [1.54, 1.807) is 48.5 Å². The first-order valence-electron chi connectivity index (χ1n) is 9.19. The molecule has 0 fully saturated rings. The number of carbonyl (C=O) groups is 1. The lowest BCUT2D eigenvalue weighted by Gasteiger charge is -2.20. The standard InChI is InChI=1S/C22H20F2N2O3S2/c1-15-3-13-20(14-4-15)31(28,29)26(2)18-9-5-16(6-10-18)21(27)25-17-7-11-19(12-8-17)30-22(23)24/h3-14,22H,1-2H3,(H,25,27). The number of alkyl halides is 2. The second-order valence-electron chi connectivity index (χ2n) is 6.69. The summed E-state index contributed by atoms with van der Waals surface area (Å²) in [7, 11) is -2.28. The zero-order chi connectivity index (χ0) is 22.6. The molecule has 1 amide bonds. The molecule has 31 heavy (non-hydrogen) atoms. The fourth-order valence-electron chi connectivity index (χ4n) is 2.75. The minimum absolute atomic E-state index is 0.177. The van der Waals surface area contributed by atoms with Crippen LogP contribution in [-0.2, 0) is 10.0 Å². The predicted octanol–water partition coefficient (Wildman–Crippen LogP) is 5.39. The van der Waals surface area contributed by atoms with Crippen molar-refractivity contribution >= 4 is 39.1 Å². The second-order valence-corrected chi connectivity index (χ2v) is 9.72. The van der Waals surface area contributed by atoms with E-state index in [4.69, 9.17) is 0 Å². The minimum Gasteiger partial charge on any atom is -0.322 e. The van der Waals surface area contributed by atoms with Crippen molar-refractivity contribution in [2.24, 2.45) is 0 Å². The Bertz CT molecular complexity index is 1150. The van der Waals surface area contributed by atoms with Gasteiger partial charge in [-0.15, -0.1) is 0 Å². The molecule has 0 bridgehead atoms. The van der Waals surface area contributed by atoms with Crippen LogP contribution in [0, 0.1) is 6.92 Å². The minimum atomic E-state index is -3.73. The maximum atomic E-state index is 12.8. The molecule has 9 heteroatoms. The maximum absolute atomic E-state index is 12.8. The molecular formula is C22H20F2N2O3S2. The molecule has 162 valence electrons. The molecule has 3 rings (SSSR count). The van der Waals surface area contributed by atoms with Crippen molar-refractivity contribution in [3.8, 4) is 0 Å². The third-order valence-corrected chi connectivity index (χ3v) is 7.03. The highest BCUT2D eigenvalue weighted by atomic mass is 32.2. The molecule has 0 spiro atoms. The Labute approximate surface area is 184 Å². The number of aryl methyl sites for hydroxylation is 1. The number of anilines is 2. The van der Waals surface area contributed by atoms with E-state index in [2.05, 4.69) is 5.32 Å². The fourth-order valence-corrected chi connectivity index (χ4v) is 4.45. The average molecular weight is 463 g/mol. The first-order chi connectivity index (χ1) is 14.7. The third-order valence-electron chi connectivity index (χ3n) is 4.51. The first-order valence-corrected chi connectivity index (χ1v) is 11.5. The molecule has 3 aromatic rings. The molecule has 3 aromatic carbocycles. The molecule has 1 N–H and O–H groups in total. The lowest BCUT2D eigenvalue weighted by molar-refractivity contribution is 0.102. The summed E-state index contributed by atoms with van der Waals surface area (Å²) in [6.45, 7) is 1.88. The van der Waals surface area contributed by atoms with Crippen molar-refractivity contribution in [3.63, 3.8) is 0 Å². The molecule has 0 heterocycles. The van der Waals surface area contributed by atoms with Gasteiger partial charge in [-0.3, -0.25) is 9.10 Å². The van der Waals surface area contributed by atoms with E-state index in [1.807, 2.05) is 6.92 Å². The molecule has 0 atom stereocenters. The highest BCUT2D eigenvalue weighted by Gasteiger charge is 2.21. The SMILES string of the molecule is Cc1ccc(S(=O)(=O)N(C)c2ccc(C(=O)Nc3ccc(SC(F)F)cc3)cc2)cc1. The highest BCUT2D eigenvalue weighted by Crippen LogP contribution is 2.27. The molecule has 0 saturated heterocycles. The van der Waals surface area contributed by atoms with Gasteiger partial charge in [0.25, 0.3) is 21.7 Å². The molecule has 0 saturated carbocycles. The highest BCUT2D eigenvalue weighted by molar-refractivity contribution is 7.99. The summed E-state index contributed by atoms with van der Waals surface area (Å²) < 4.78 is 51.5. The number of benzene rings is 3. The summed E-state index contributed by atoms with van der Waals surface area (Å²) in [5, 5.41) is 2.68. The van der Waals surface area contributed by atoms with Crippen molar-refractivity contribution in [3.05, 3.63) is 83.9 Å². The summed E-state index contributed by atoms with van der Waals surface area (Å²) in [6.07, 6.45) is 0. The van der Waals surface area contributed by atoms with E-state index < -0.39 is 21.7 Å². The second kappa shape index (κ2) is 9.49. The normalized spacial score (nSPS) is 11.4. The van der Waals surface area contributed by atoms with Gasteiger partial charge in [0, 0.05) is 23.2 Å². The van der Waals surface area contributed by atoms with Gasteiger partial charge in [0.1, 0.15) is 0 Å². The van der Waals surface area contributed by atoms with E-state index in [-0.39, 0.29) is 4.90 Å². The van der Waals surface area contributed by atoms with E-state index in [0.717, 1.165) is 9.87 Å². The third kappa shape index (κ3) is 5.62. The molecule has 0 unspecified atom stereocenters. The summed E-state index contributed by atoms with van der Waals surface area (Å²) in [5.74, 6) is -2.91. The lowest BCUT2D eigenvalue weighted by atomic mass is 10.2. The van der Waals surface area contributed by atoms with Crippen LogP contribution < -0.4 is 9.62 Å². The fraction of sp³-hybridized carbons (Fsp3) is 0.136. The van der Waals surface area contributed by atoms with Crippen LogP contribution in [0.1, 0.15) is 15.9 Å². The number of carbonyl (C=O) groups excluding carboxylic acids is 1. The summed E-state index contributed by atoms with van der Waals surface area (Å²) in [6, 6.07) is 18.8. The molecule has 0 aromatic heterocycles. The van der Waals surface area contributed by atoms with Crippen LogP contribution in [0.5, 0.6) is 0 Å². The Morgan fingerprint density at radius 2 is 1.52 bits per heavy atom. The van der Waals surface area contributed by atoms with Gasteiger partial charge in [0.15, 0.2) is 0 Å². The van der Waals surface area contributed by atoms with Crippen LogP contribution in [0.15, 0.2) is 82.6 Å². The van der Waals surface area contributed by atoms with Crippen molar-refractivity contribution in [1.82, 2.24) is 0 Å². The van der Waals surface area contributed by atoms with Crippen LogP contribution in [-0.4, -0.2) is 27.1 Å². The molecule has 5 nitrogen and oxygen atoms in total. The van der Waals surface area contributed by atoms with Crippen LogP contribution in [0.4, 0.5) is 20.2 Å². The summed E-state index contributed by atoms with van der Waals surface area (Å²) in [4.78, 5) is 13.0. The van der Waals surface area contributed by atoms with Gasteiger partial charge in [-0.2, -0.15) is 8.78 Å². The smallest absolute Gasteiger partial charge is 0.288 e. The van der Waals surface area contributed by atoms with Gasteiger partial charge in [0.2, 0.25) is 0 Å². The molecular weight excluding hydrogens is 442 g/mol. The summed E-state index contributed by atoms with van der Waals surface area (Å²) >= 11 is 0.428. The summed E-state index contributed by atoms with van der Waals surface area (Å²) in [5.41, 5.74) is 2.16. The molecule has 0 aliphatic carbocycles. The number of amides is 1. The molecule has 0 aliphatic rings. The van der Waals surface area contributed by atoms with Gasteiger partial charge < -0.3 is 5.32 Å². The average Bonchev–Trinajstić information content (AvgIpc) is 2.74. The van der Waals surface area contributed by atoms with Gasteiger partial charge in [-0.1, -0.05) is 29.5 Å². The number of nitrogens with zero attached hydrogens (tertiary/aromatic N) is 1. The van der Waals surface area contributed by atoms with Crippen LogP contribution >= 0.6 is 11.8 Å². The van der Waals surface area contributed by atoms with E-state index in [0.29, 0.717) is 33.6 Å². The van der Waals surface area contributed by atoms with Crippen LogP contribution in [0.2, 0.25) is 0 Å². The van der Waals surface area contributed by atoms with Crippen molar-refractivity contribution in [1.29, 1.82) is 0 Å². The number of sulfonamides is 1. The van der Waals surface area contributed by atoms with Gasteiger partial charge in [0.05, 0.1) is 10.6 Å². The van der Waals surface area contributed by atoms with Crippen molar-refractivity contribution < 1.29 is 22.0 Å². The van der Waals surface area contributed by atoms with Gasteiger partial charge in [-0.25, -0.2) is 8.42 Å². The Morgan fingerprint density at radius 3 is 2.06 bits per heavy atom. The number of hydrogen-bond donors (Lipinski definition) is 1. The Kier molecular flexibility index (Phi) is 6.97. The molecule has 0 radical (unpaired) electrons. The van der Waals surface area contributed by atoms with E-state index >= 15 is 0 Å². The zero-order valence-corrected chi connectivity index (χ0v) is 18.4. The Balaban J connectivity index is 1.70. The number of nitrogens with one attached hydrogen (secondary N) is 1. The van der Waals surface area contributed by atoms with Crippen LogP contribution in [0.3, 0.4) is 0 Å². The zero-order valence-electron chi connectivity index (χ0n) is 16.7. The van der Waals surface area contributed by atoms with E-state index in [1.165, 1.54) is 31.3 Å². The lowest BCUT2D eigenvalue weighted by Crippen LogP contribution is -2.26. The van der Waals surface area contributed by atoms with Gasteiger partial charge in [-0.05, 0) is 67.6 Å². The number of rotatable bonds is 7. The number of halogens is 2. The maximum Gasteiger partial charge on any atom is 0.288 e. The predicted molar refractivity (Wildman–Crippen MR) is 119 cm³/mol. The van der Waals surface area contributed by atoms with E-state index in [9.17, 15) is 22.0 Å². The van der Waals surface area contributed by atoms with Crippen molar-refractivity contribution in [2.45, 2.75) is 22.5 Å². The number of thioether (sulfide) groups is 1. The van der Waals surface area contributed by atoms with Gasteiger partial charge >= 0.3 is 0 Å². The largest absolute Gasteiger partial charge is 0.322 e. The number of hydrogen-bond acceptors (Lipinski definition) is 4. The van der Waals surface area contributed by atoms with Crippen LogP contribution in [0.25, 0.3) is 0 Å². The quantitative estimate of drug-likeness (QED) is 0.478. The Morgan fingerprint density at radius 1 is 0.935 bits per heavy atom. The topological polar surface area (TPSA) is 66.5 Å².